The maximum absolute atomic E-state index is 12.8. The number of amides is 1. The summed E-state index contributed by atoms with van der Waals surface area (Å²) < 4.78 is 2.35. The molecule has 0 bridgehead atoms. The molecule has 0 spiro atoms. The van der Waals surface area contributed by atoms with Crippen molar-refractivity contribution >= 4 is 5.91 Å². The Labute approximate surface area is 156 Å². The number of imidazole rings is 1. The number of aryl methyl sites for hydroxylation is 1. The number of piperidine rings is 1. The van der Waals surface area contributed by atoms with E-state index in [2.05, 4.69) is 45.6 Å². The largest absolute Gasteiger partial charge is 0.341 e. The Kier molecular flexibility index (Phi) is 5.09. The third-order valence-corrected chi connectivity index (χ3v) is 6.07. The molecule has 1 saturated carbocycles. The van der Waals surface area contributed by atoms with Gasteiger partial charge in [-0.25, -0.2) is 4.98 Å². The normalized spacial score (nSPS) is 21.3. The number of nitrogens with zero attached hydrogens (tertiary/aromatic N) is 3. The fourth-order valence-corrected chi connectivity index (χ4v) is 4.69. The molecule has 2 heterocycles. The van der Waals surface area contributed by atoms with E-state index in [1.54, 1.807) is 0 Å². The summed E-state index contributed by atoms with van der Waals surface area (Å²) in [5.41, 5.74) is 2.33. The Balaban J connectivity index is 1.51. The molecule has 2 fully saturated rings. The van der Waals surface area contributed by atoms with Gasteiger partial charge in [0, 0.05) is 37.0 Å². The molecule has 26 heavy (non-hydrogen) atoms. The molecule has 1 aromatic carbocycles. The fourth-order valence-electron chi connectivity index (χ4n) is 4.69. The highest BCUT2D eigenvalue weighted by Gasteiger charge is 2.29. The van der Waals surface area contributed by atoms with Gasteiger partial charge in [0.15, 0.2) is 0 Å². The number of likely N-dealkylation sites (tertiary alicyclic amines) is 1. The summed E-state index contributed by atoms with van der Waals surface area (Å²) in [6, 6.07) is 10.7. The van der Waals surface area contributed by atoms with E-state index in [1.807, 2.05) is 12.3 Å². The average Bonchev–Trinajstić information content (AvgIpc) is 3.32. The van der Waals surface area contributed by atoms with E-state index in [4.69, 9.17) is 0 Å². The van der Waals surface area contributed by atoms with Crippen molar-refractivity contribution in [3.05, 3.63) is 42.2 Å². The van der Waals surface area contributed by atoms with Gasteiger partial charge in [0.1, 0.15) is 5.82 Å². The number of rotatable bonds is 4. The highest BCUT2D eigenvalue weighted by molar-refractivity contribution is 5.76. The van der Waals surface area contributed by atoms with Gasteiger partial charge < -0.3 is 9.47 Å². The Morgan fingerprint density at radius 1 is 1.12 bits per heavy atom. The van der Waals surface area contributed by atoms with Gasteiger partial charge in [-0.15, -0.1) is 0 Å². The number of benzene rings is 1. The van der Waals surface area contributed by atoms with Crippen LogP contribution >= 0.6 is 0 Å². The second kappa shape index (κ2) is 7.65. The number of aromatic nitrogens is 2. The van der Waals surface area contributed by atoms with Gasteiger partial charge in [-0.2, -0.15) is 0 Å². The van der Waals surface area contributed by atoms with Crippen LogP contribution in [0, 0.1) is 12.8 Å². The molecule has 1 aliphatic heterocycles. The highest BCUT2D eigenvalue weighted by atomic mass is 16.2. The molecule has 4 heteroatoms. The zero-order valence-corrected chi connectivity index (χ0v) is 15.7. The van der Waals surface area contributed by atoms with E-state index in [1.165, 1.54) is 31.4 Å². The summed E-state index contributed by atoms with van der Waals surface area (Å²) in [5, 5.41) is 0. The molecule has 0 N–H and O–H groups in total. The number of hydrogen-bond acceptors (Lipinski definition) is 2. The SMILES string of the molecule is Cc1cnc(-c2ccccc2)n1C1CCCN(C(=O)CC2CCCC2)C1. The van der Waals surface area contributed by atoms with Crippen LogP contribution in [0.3, 0.4) is 0 Å². The summed E-state index contributed by atoms with van der Waals surface area (Å²) in [4.78, 5) is 19.6. The van der Waals surface area contributed by atoms with Crippen molar-refractivity contribution in [2.75, 3.05) is 13.1 Å². The second-order valence-electron chi connectivity index (χ2n) is 7.95. The van der Waals surface area contributed by atoms with Gasteiger partial charge in [0.05, 0.1) is 6.04 Å². The molecular weight excluding hydrogens is 322 g/mol. The van der Waals surface area contributed by atoms with E-state index >= 15 is 0 Å². The minimum absolute atomic E-state index is 0.328. The predicted molar refractivity (Wildman–Crippen MR) is 104 cm³/mol. The van der Waals surface area contributed by atoms with Crippen molar-refractivity contribution in [2.24, 2.45) is 5.92 Å². The van der Waals surface area contributed by atoms with Gasteiger partial charge in [-0.1, -0.05) is 43.2 Å². The van der Waals surface area contributed by atoms with Crippen molar-refractivity contribution in [3.63, 3.8) is 0 Å². The van der Waals surface area contributed by atoms with Crippen molar-refractivity contribution in [1.29, 1.82) is 0 Å². The van der Waals surface area contributed by atoms with E-state index in [9.17, 15) is 4.79 Å². The van der Waals surface area contributed by atoms with Crippen LogP contribution in [-0.2, 0) is 4.79 Å². The quantitative estimate of drug-likeness (QED) is 0.807. The van der Waals surface area contributed by atoms with Gasteiger partial charge in [-0.3, -0.25) is 4.79 Å². The fraction of sp³-hybridized carbons (Fsp3) is 0.545. The third-order valence-electron chi connectivity index (χ3n) is 6.07. The van der Waals surface area contributed by atoms with Crippen molar-refractivity contribution < 1.29 is 4.79 Å². The summed E-state index contributed by atoms with van der Waals surface area (Å²) in [6.07, 6.45) is 9.98. The molecule has 1 unspecified atom stereocenters. The van der Waals surface area contributed by atoms with Crippen LogP contribution in [0.1, 0.15) is 56.7 Å². The van der Waals surface area contributed by atoms with Gasteiger partial charge in [-0.05, 0) is 38.5 Å². The molecular formula is C22H29N3O. The zero-order valence-electron chi connectivity index (χ0n) is 15.7. The van der Waals surface area contributed by atoms with Crippen LogP contribution in [0.2, 0.25) is 0 Å². The molecule has 1 aliphatic carbocycles. The number of carbonyl (C=O) groups is 1. The minimum atomic E-state index is 0.328. The Morgan fingerprint density at radius 3 is 2.65 bits per heavy atom. The Morgan fingerprint density at radius 2 is 1.88 bits per heavy atom. The summed E-state index contributed by atoms with van der Waals surface area (Å²) >= 11 is 0. The first kappa shape index (κ1) is 17.3. The van der Waals surface area contributed by atoms with Crippen LogP contribution in [0.15, 0.2) is 36.5 Å². The lowest BCUT2D eigenvalue weighted by molar-refractivity contribution is -0.133. The van der Waals surface area contributed by atoms with Crippen molar-refractivity contribution in [3.8, 4) is 11.4 Å². The maximum Gasteiger partial charge on any atom is 0.222 e. The van der Waals surface area contributed by atoms with Crippen molar-refractivity contribution in [2.45, 2.75) is 57.9 Å². The molecule has 4 nitrogen and oxygen atoms in total. The summed E-state index contributed by atoms with van der Waals surface area (Å²) in [7, 11) is 0. The smallest absolute Gasteiger partial charge is 0.222 e. The monoisotopic (exact) mass is 351 g/mol. The maximum atomic E-state index is 12.8. The lowest BCUT2D eigenvalue weighted by Crippen LogP contribution is -2.41. The lowest BCUT2D eigenvalue weighted by Gasteiger charge is -2.35. The van der Waals surface area contributed by atoms with Crippen LogP contribution in [0.25, 0.3) is 11.4 Å². The molecule has 2 aromatic rings. The lowest BCUT2D eigenvalue weighted by atomic mass is 10.00. The van der Waals surface area contributed by atoms with Gasteiger partial charge >= 0.3 is 0 Å². The molecule has 138 valence electrons. The number of carbonyl (C=O) groups excluding carboxylic acids is 1. The molecule has 2 aliphatic rings. The van der Waals surface area contributed by atoms with Crippen LogP contribution < -0.4 is 0 Å². The van der Waals surface area contributed by atoms with E-state index in [-0.39, 0.29) is 0 Å². The first-order valence-corrected chi connectivity index (χ1v) is 10.1. The minimum Gasteiger partial charge on any atom is -0.341 e. The van der Waals surface area contributed by atoms with Gasteiger partial charge in [0.2, 0.25) is 5.91 Å². The molecule has 4 rings (SSSR count). The molecule has 1 atom stereocenters. The van der Waals surface area contributed by atoms with E-state index in [0.29, 0.717) is 17.9 Å². The summed E-state index contributed by atoms with van der Waals surface area (Å²) in [5.74, 6) is 2.01. The van der Waals surface area contributed by atoms with Gasteiger partial charge in [0.25, 0.3) is 0 Å². The van der Waals surface area contributed by atoms with Crippen molar-refractivity contribution in [1.82, 2.24) is 14.5 Å². The molecule has 1 saturated heterocycles. The zero-order chi connectivity index (χ0) is 17.9. The predicted octanol–water partition coefficient (Wildman–Crippen LogP) is 4.60. The third kappa shape index (κ3) is 3.55. The Bertz CT molecular complexity index is 746. The highest BCUT2D eigenvalue weighted by Crippen LogP contribution is 2.32. The van der Waals surface area contributed by atoms with Crippen LogP contribution in [-0.4, -0.2) is 33.4 Å². The first-order chi connectivity index (χ1) is 12.7. The first-order valence-electron chi connectivity index (χ1n) is 10.1. The standard InChI is InChI=1S/C22H29N3O/c1-17-15-23-22(19-10-3-2-4-11-19)25(17)20-12-7-13-24(16-20)21(26)14-18-8-5-6-9-18/h2-4,10-11,15,18,20H,5-9,12-14,16H2,1H3. The van der Waals surface area contributed by atoms with E-state index in [0.717, 1.165) is 43.7 Å². The number of hydrogen-bond donors (Lipinski definition) is 0. The topological polar surface area (TPSA) is 38.1 Å². The molecule has 1 amide bonds. The van der Waals surface area contributed by atoms with Crippen LogP contribution in [0.5, 0.6) is 0 Å². The average molecular weight is 351 g/mol. The van der Waals surface area contributed by atoms with E-state index < -0.39 is 0 Å². The van der Waals surface area contributed by atoms with Crippen LogP contribution in [0.4, 0.5) is 0 Å². The Hall–Kier alpha value is -2.10. The molecule has 0 radical (unpaired) electrons. The second-order valence-corrected chi connectivity index (χ2v) is 7.95. The summed E-state index contributed by atoms with van der Waals surface area (Å²) in [6.45, 7) is 3.86. The molecule has 1 aromatic heterocycles.